The Bertz CT molecular complexity index is 490. The van der Waals surface area contributed by atoms with Crippen molar-refractivity contribution in [1.82, 2.24) is 14.5 Å². The molecule has 1 amide bonds. The number of allylic oxidation sites excluding steroid dienone is 1. The number of nitrogens with zero attached hydrogens (tertiary/aromatic N) is 3. The normalized spacial score (nSPS) is 11.8. The van der Waals surface area contributed by atoms with E-state index in [4.69, 9.17) is 5.11 Å². The van der Waals surface area contributed by atoms with Gasteiger partial charge in [0.2, 0.25) is 5.91 Å². The van der Waals surface area contributed by atoms with Crippen molar-refractivity contribution in [3.8, 4) is 0 Å². The van der Waals surface area contributed by atoms with Crippen molar-refractivity contribution in [3.05, 3.63) is 30.4 Å². The Morgan fingerprint density at radius 3 is 2.67 bits per heavy atom. The summed E-state index contributed by atoms with van der Waals surface area (Å²) in [7, 11) is 0. The molecule has 1 rings (SSSR count). The van der Waals surface area contributed by atoms with E-state index in [0.717, 1.165) is 18.5 Å². The quantitative estimate of drug-likeness (QED) is 0.741. The molecule has 1 heterocycles. The minimum atomic E-state index is -0.889. The van der Waals surface area contributed by atoms with E-state index in [1.54, 1.807) is 30.4 Å². The third-order valence-corrected chi connectivity index (χ3v) is 3.04. The van der Waals surface area contributed by atoms with Crippen LogP contribution < -0.4 is 0 Å². The van der Waals surface area contributed by atoms with Gasteiger partial charge in [0.1, 0.15) is 0 Å². The first-order chi connectivity index (χ1) is 9.90. The molecule has 0 aliphatic heterocycles. The molecule has 0 aromatic carbocycles. The summed E-state index contributed by atoms with van der Waals surface area (Å²) in [4.78, 5) is 28.7. The Kier molecular flexibility index (Phi) is 6.65. The highest BCUT2D eigenvalue weighted by atomic mass is 16.4. The topological polar surface area (TPSA) is 75.4 Å². The van der Waals surface area contributed by atoms with Crippen LogP contribution in [0.2, 0.25) is 0 Å². The lowest BCUT2D eigenvalue weighted by Crippen LogP contribution is -2.37. The van der Waals surface area contributed by atoms with E-state index in [1.165, 1.54) is 0 Å². The molecule has 6 nitrogen and oxygen atoms in total. The summed E-state index contributed by atoms with van der Waals surface area (Å²) in [6, 6.07) is 0. The monoisotopic (exact) mass is 293 g/mol. The van der Waals surface area contributed by atoms with Gasteiger partial charge in [-0.15, -0.1) is 0 Å². The standard InChI is InChI=1S/C15H23N3O3/c1-12(2)9-14(19)18(10-13(3)15(20)21)7-4-6-17-8-5-16-11-17/h5,8-9,11,13H,4,6-7,10H2,1-3H3,(H,20,21). The number of carbonyl (C=O) groups is 2. The Morgan fingerprint density at radius 1 is 1.43 bits per heavy atom. The van der Waals surface area contributed by atoms with Crippen molar-refractivity contribution in [2.45, 2.75) is 33.7 Å². The first kappa shape index (κ1) is 16.9. The van der Waals surface area contributed by atoms with E-state index in [9.17, 15) is 9.59 Å². The van der Waals surface area contributed by atoms with Crippen LogP contribution in [0.25, 0.3) is 0 Å². The van der Waals surface area contributed by atoms with E-state index in [2.05, 4.69) is 4.98 Å². The molecule has 0 radical (unpaired) electrons. The molecule has 0 aliphatic carbocycles. The number of carboxylic acids is 1. The van der Waals surface area contributed by atoms with Gasteiger partial charge in [-0.25, -0.2) is 4.98 Å². The molecule has 6 heteroatoms. The first-order valence-electron chi connectivity index (χ1n) is 7.02. The molecule has 0 bridgehead atoms. The van der Waals surface area contributed by atoms with Gasteiger partial charge in [-0.05, 0) is 20.3 Å². The van der Waals surface area contributed by atoms with Gasteiger partial charge in [0.25, 0.3) is 0 Å². The third-order valence-electron chi connectivity index (χ3n) is 3.04. The second kappa shape index (κ2) is 8.24. The predicted octanol–water partition coefficient (Wildman–Crippen LogP) is 1.79. The Balaban J connectivity index is 2.60. The molecule has 1 aromatic rings. The summed E-state index contributed by atoms with van der Waals surface area (Å²) in [5.41, 5.74) is 0.905. The number of hydrogen-bond donors (Lipinski definition) is 1. The van der Waals surface area contributed by atoms with E-state index < -0.39 is 11.9 Å². The molecular weight excluding hydrogens is 270 g/mol. The average Bonchev–Trinajstić information content (AvgIpc) is 2.89. The van der Waals surface area contributed by atoms with Crippen molar-refractivity contribution in [2.75, 3.05) is 13.1 Å². The molecule has 0 saturated carbocycles. The number of aromatic nitrogens is 2. The van der Waals surface area contributed by atoms with Gasteiger partial charge in [0.15, 0.2) is 0 Å². The van der Waals surface area contributed by atoms with Crippen LogP contribution in [0.15, 0.2) is 30.4 Å². The summed E-state index contributed by atoms with van der Waals surface area (Å²) >= 11 is 0. The Morgan fingerprint density at radius 2 is 2.14 bits per heavy atom. The van der Waals surface area contributed by atoms with Crippen LogP contribution >= 0.6 is 0 Å². The van der Waals surface area contributed by atoms with Crippen molar-refractivity contribution < 1.29 is 14.7 Å². The van der Waals surface area contributed by atoms with Gasteiger partial charge in [0.05, 0.1) is 12.2 Å². The van der Waals surface area contributed by atoms with Gasteiger partial charge in [-0.3, -0.25) is 9.59 Å². The largest absolute Gasteiger partial charge is 0.481 e. The second-order valence-corrected chi connectivity index (χ2v) is 5.40. The van der Waals surface area contributed by atoms with Crippen LogP contribution in [-0.4, -0.2) is 44.5 Å². The zero-order valence-electron chi connectivity index (χ0n) is 12.8. The minimum absolute atomic E-state index is 0.131. The lowest BCUT2D eigenvalue weighted by molar-refractivity contribution is -0.142. The molecule has 116 valence electrons. The number of carbonyl (C=O) groups excluding carboxylic acids is 1. The summed E-state index contributed by atoms with van der Waals surface area (Å²) in [6.45, 7) is 6.81. The highest BCUT2D eigenvalue weighted by Gasteiger charge is 2.19. The zero-order valence-corrected chi connectivity index (χ0v) is 12.8. The van der Waals surface area contributed by atoms with Crippen molar-refractivity contribution in [3.63, 3.8) is 0 Å². The lowest BCUT2D eigenvalue weighted by Gasteiger charge is -2.23. The minimum Gasteiger partial charge on any atom is -0.481 e. The first-order valence-corrected chi connectivity index (χ1v) is 7.02. The molecule has 21 heavy (non-hydrogen) atoms. The van der Waals surface area contributed by atoms with Gasteiger partial charge < -0.3 is 14.6 Å². The van der Waals surface area contributed by atoms with Crippen LogP contribution in [0.5, 0.6) is 0 Å². The Labute approximate surface area is 125 Å². The number of aryl methyl sites for hydroxylation is 1. The molecular formula is C15H23N3O3. The molecule has 0 aliphatic rings. The number of rotatable bonds is 8. The van der Waals surface area contributed by atoms with Gasteiger partial charge in [-0.1, -0.05) is 12.5 Å². The van der Waals surface area contributed by atoms with Crippen LogP contribution in [-0.2, 0) is 16.1 Å². The summed E-state index contributed by atoms with van der Waals surface area (Å²) in [5.74, 6) is -1.60. The van der Waals surface area contributed by atoms with Gasteiger partial charge in [0, 0.05) is 38.1 Å². The molecule has 1 unspecified atom stereocenters. The zero-order chi connectivity index (χ0) is 15.8. The number of carboxylic acid groups (broad SMARTS) is 1. The fraction of sp³-hybridized carbons (Fsp3) is 0.533. The average molecular weight is 293 g/mol. The summed E-state index contributed by atoms with van der Waals surface area (Å²) in [5, 5.41) is 9.00. The van der Waals surface area contributed by atoms with Crippen LogP contribution in [0, 0.1) is 5.92 Å². The lowest BCUT2D eigenvalue weighted by atomic mass is 10.1. The number of aliphatic carboxylic acids is 1. The second-order valence-electron chi connectivity index (χ2n) is 5.40. The summed E-state index contributed by atoms with van der Waals surface area (Å²) < 4.78 is 1.93. The van der Waals surface area contributed by atoms with E-state index in [0.29, 0.717) is 6.54 Å². The van der Waals surface area contributed by atoms with E-state index in [-0.39, 0.29) is 12.5 Å². The molecule has 1 atom stereocenters. The smallest absolute Gasteiger partial charge is 0.308 e. The molecule has 0 fully saturated rings. The van der Waals surface area contributed by atoms with Crippen molar-refractivity contribution in [1.29, 1.82) is 0 Å². The maximum Gasteiger partial charge on any atom is 0.308 e. The predicted molar refractivity (Wildman–Crippen MR) is 79.7 cm³/mol. The molecule has 1 N–H and O–H groups in total. The molecule has 0 spiro atoms. The Hall–Kier alpha value is -2.11. The maximum atomic E-state index is 12.1. The summed E-state index contributed by atoms with van der Waals surface area (Å²) in [6.07, 6.45) is 7.60. The van der Waals surface area contributed by atoms with Gasteiger partial charge >= 0.3 is 5.97 Å². The van der Waals surface area contributed by atoms with Crippen molar-refractivity contribution >= 4 is 11.9 Å². The van der Waals surface area contributed by atoms with E-state index in [1.807, 2.05) is 24.6 Å². The van der Waals surface area contributed by atoms with Crippen LogP contribution in [0.4, 0.5) is 0 Å². The number of hydrogen-bond acceptors (Lipinski definition) is 3. The highest BCUT2D eigenvalue weighted by Crippen LogP contribution is 2.05. The van der Waals surface area contributed by atoms with Crippen LogP contribution in [0.1, 0.15) is 27.2 Å². The van der Waals surface area contributed by atoms with Crippen LogP contribution in [0.3, 0.4) is 0 Å². The number of amides is 1. The number of imidazole rings is 1. The van der Waals surface area contributed by atoms with E-state index >= 15 is 0 Å². The molecule has 1 aromatic heterocycles. The van der Waals surface area contributed by atoms with Gasteiger partial charge in [-0.2, -0.15) is 0 Å². The SMILES string of the molecule is CC(C)=CC(=O)N(CCCn1ccnc1)CC(C)C(=O)O. The van der Waals surface area contributed by atoms with Crippen molar-refractivity contribution in [2.24, 2.45) is 5.92 Å². The third kappa shape index (κ3) is 6.25. The fourth-order valence-corrected chi connectivity index (χ4v) is 1.90. The molecule has 0 saturated heterocycles. The maximum absolute atomic E-state index is 12.1. The fourth-order valence-electron chi connectivity index (χ4n) is 1.90. The highest BCUT2D eigenvalue weighted by molar-refractivity contribution is 5.88.